The zero-order valence-electron chi connectivity index (χ0n) is 23.3. The molecule has 1 N–H and O–H groups in total. The lowest BCUT2D eigenvalue weighted by Crippen LogP contribution is -2.52. The first kappa shape index (κ1) is 31.5. The number of amides is 2. The molecule has 0 aromatic heterocycles. The fourth-order valence-electron chi connectivity index (χ4n) is 4.04. The van der Waals surface area contributed by atoms with Crippen molar-refractivity contribution in [1.82, 2.24) is 10.2 Å². The number of sulfonamides is 1. The summed E-state index contributed by atoms with van der Waals surface area (Å²) in [4.78, 5) is 28.6. The number of rotatable bonds is 11. The Kier molecular flexibility index (Phi) is 10.6. The summed E-state index contributed by atoms with van der Waals surface area (Å²) >= 11 is 12.3. The van der Waals surface area contributed by atoms with Gasteiger partial charge >= 0.3 is 0 Å². The molecule has 0 fully saturated rings. The molecule has 0 aliphatic rings. The molecule has 0 bridgehead atoms. The Labute approximate surface area is 247 Å². The van der Waals surface area contributed by atoms with E-state index in [-0.39, 0.29) is 29.1 Å². The van der Waals surface area contributed by atoms with Crippen LogP contribution in [0.15, 0.2) is 71.6 Å². The molecule has 0 saturated heterocycles. The monoisotopic (exact) mass is 603 g/mol. The number of carbonyl (C=O) groups excluding carboxylic acids is 2. The normalized spacial score (nSPS) is 12.9. The molecule has 0 saturated carbocycles. The molecule has 0 spiro atoms. The van der Waals surface area contributed by atoms with Gasteiger partial charge in [-0.25, -0.2) is 8.42 Å². The average Bonchev–Trinajstić information content (AvgIpc) is 2.92. The van der Waals surface area contributed by atoms with Crippen LogP contribution in [0.1, 0.15) is 43.9 Å². The van der Waals surface area contributed by atoms with Gasteiger partial charge in [0.05, 0.1) is 10.6 Å². The van der Waals surface area contributed by atoms with Gasteiger partial charge in [-0.05, 0) is 81.6 Å². The molecule has 3 aromatic rings. The summed E-state index contributed by atoms with van der Waals surface area (Å²) in [6, 6.07) is 17.3. The Morgan fingerprint density at radius 2 is 1.50 bits per heavy atom. The zero-order valence-corrected chi connectivity index (χ0v) is 25.6. The van der Waals surface area contributed by atoms with Crippen LogP contribution in [0, 0.1) is 13.8 Å². The summed E-state index contributed by atoms with van der Waals surface area (Å²) < 4.78 is 29.0. The predicted molar refractivity (Wildman–Crippen MR) is 161 cm³/mol. The maximum Gasteiger partial charge on any atom is 0.264 e. The van der Waals surface area contributed by atoms with Crippen molar-refractivity contribution in [1.29, 1.82) is 0 Å². The maximum absolute atomic E-state index is 14.0. The van der Waals surface area contributed by atoms with E-state index in [0.717, 1.165) is 21.9 Å². The summed E-state index contributed by atoms with van der Waals surface area (Å²) in [7, 11) is -4.18. The van der Waals surface area contributed by atoms with Gasteiger partial charge in [-0.2, -0.15) is 0 Å². The lowest BCUT2D eigenvalue weighted by atomic mass is 10.1. The molecule has 7 nitrogen and oxygen atoms in total. The van der Waals surface area contributed by atoms with Crippen molar-refractivity contribution in [2.45, 2.75) is 64.6 Å². The minimum absolute atomic E-state index is 0.0390. The summed E-state index contributed by atoms with van der Waals surface area (Å²) in [6.45, 7) is 8.63. The fraction of sp³-hybridized carbons (Fsp3) is 0.333. The molecule has 0 aliphatic heterocycles. The Morgan fingerprint density at radius 3 is 2.10 bits per heavy atom. The molecule has 2 amide bonds. The van der Waals surface area contributed by atoms with Gasteiger partial charge in [0.15, 0.2) is 0 Å². The fourth-order valence-corrected chi connectivity index (χ4v) is 5.80. The highest BCUT2D eigenvalue weighted by Crippen LogP contribution is 2.30. The molecule has 40 heavy (non-hydrogen) atoms. The van der Waals surface area contributed by atoms with Gasteiger partial charge < -0.3 is 10.2 Å². The van der Waals surface area contributed by atoms with Crippen LogP contribution >= 0.6 is 23.2 Å². The van der Waals surface area contributed by atoms with Crippen LogP contribution in [0.3, 0.4) is 0 Å². The molecule has 0 heterocycles. The molecule has 0 aliphatic carbocycles. The van der Waals surface area contributed by atoms with Gasteiger partial charge in [0.1, 0.15) is 12.6 Å². The van der Waals surface area contributed by atoms with E-state index in [2.05, 4.69) is 5.32 Å². The van der Waals surface area contributed by atoms with Crippen LogP contribution < -0.4 is 9.62 Å². The number of halogens is 2. The van der Waals surface area contributed by atoms with E-state index in [9.17, 15) is 18.0 Å². The van der Waals surface area contributed by atoms with E-state index in [1.165, 1.54) is 23.1 Å². The van der Waals surface area contributed by atoms with Gasteiger partial charge in [0.25, 0.3) is 10.0 Å². The van der Waals surface area contributed by atoms with Crippen LogP contribution in [0.2, 0.25) is 10.0 Å². The minimum Gasteiger partial charge on any atom is -0.352 e. The SMILES string of the molecule is CC[C@@H](C)NC(=O)[C@@H](C)N(Cc1ccc(Cl)cc1)C(=O)CN(c1cc(Cl)ccc1C)S(=O)(=O)c1ccc(C)cc1. The van der Waals surface area contributed by atoms with Crippen molar-refractivity contribution in [2.24, 2.45) is 0 Å². The van der Waals surface area contributed by atoms with Crippen molar-refractivity contribution < 1.29 is 18.0 Å². The topological polar surface area (TPSA) is 86.8 Å². The Hall–Kier alpha value is -3.07. The third-order valence-electron chi connectivity index (χ3n) is 6.76. The van der Waals surface area contributed by atoms with Crippen molar-refractivity contribution >= 4 is 50.7 Å². The molecule has 214 valence electrons. The lowest BCUT2D eigenvalue weighted by Gasteiger charge is -2.33. The summed E-state index contributed by atoms with van der Waals surface area (Å²) in [5.41, 5.74) is 2.55. The molecule has 3 rings (SSSR count). The summed E-state index contributed by atoms with van der Waals surface area (Å²) in [5, 5.41) is 3.79. The number of aryl methyl sites for hydroxylation is 2. The highest BCUT2D eigenvalue weighted by Gasteiger charge is 2.33. The van der Waals surface area contributed by atoms with Gasteiger partial charge in [-0.1, -0.05) is 66.0 Å². The van der Waals surface area contributed by atoms with Crippen molar-refractivity contribution in [3.05, 3.63) is 93.5 Å². The number of carbonyl (C=O) groups is 2. The number of anilines is 1. The zero-order chi connectivity index (χ0) is 29.6. The van der Waals surface area contributed by atoms with E-state index in [1.54, 1.807) is 62.4 Å². The molecule has 2 atom stereocenters. The number of nitrogens with zero attached hydrogens (tertiary/aromatic N) is 2. The van der Waals surface area contributed by atoms with E-state index >= 15 is 0 Å². The standard InChI is InChI=1S/C30H35Cl2N3O4S/c1-6-22(4)33-30(37)23(5)34(18-24-10-13-25(31)14-11-24)29(36)19-35(28-17-26(32)12-9-21(28)3)40(38,39)27-15-7-20(2)8-16-27/h7-17,22-23H,6,18-19H2,1-5H3,(H,33,37)/t22-,23-/m1/s1. The molecule has 0 unspecified atom stereocenters. The van der Waals surface area contributed by atoms with Crippen LogP contribution in [0.5, 0.6) is 0 Å². The van der Waals surface area contributed by atoms with E-state index in [1.807, 2.05) is 20.8 Å². The molecule has 10 heteroatoms. The smallest absolute Gasteiger partial charge is 0.264 e. The first-order valence-corrected chi connectivity index (χ1v) is 15.2. The van der Waals surface area contributed by atoms with E-state index in [0.29, 0.717) is 15.6 Å². The van der Waals surface area contributed by atoms with Crippen molar-refractivity contribution in [2.75, 3.05) is 10.8 Å². The maximum atomic E-state index is 14.0. The first-order valence-electron chi connectivity index (χ1n) is 13.0. The molecule has 0 radical (unpaired) electrons. The van der Waals surface area contributed by atoms with Crippen LogP contribution in [-0.2, 0) is 26.2 Å². The molecule has 3 aromatic carbocycles. The Morgan fingerprint density at radius 1 is 0.900 bits per heavy atom. The molecular weight excluding hydrogens is 569 g/mol. The van der Waals surface area contributed by atoms with Crippen LogP contribution in [0.25, 0.3) is 0 Å². The second kappa shape index (κ2) is 13.5. The number of hydrogen-bond acceptors (Lipinski definition) is 4. The number of hydrogen-bond donors (Lipinski definition) is 1. The lowest BCUT2D eigenvalue weighted by molar-refractivity contribution is -0.139. The largest absolute Gasteiger partial charge is 0.352 e. The summed E-state index contributed by atoms with van der Waals surface area (Å²) in [6.07, 6.45) is 0.722. The van der Waals surface area contributed by atoms with Gasteiger partial charge in [0.2, 0.25) is 11.8 Å². The second-order valence-corrected chi connectivity index (χ2v) is 12.6. The Balaban J connectivity index is 2.06. The van der Waals surface area contributed by atoms with Crippen LogP contribution in [0.4, 0.5) is 5.69 Å². The van der Waals surface area contributed by atoms with Gasteiger partial charge in [0, 0.05) is 22.6 Å². The van der Waals surface area contributed by atoms with Crippen molar-refractivity contribution in [3.8, 4) is 0 Å². The first-order chi connectivity index (χ1) is 18.8. The predicted octanol–water partition coefficient (Wildman–Crippen LogP) is 6.14. The highest BCUT2D eigenvalue weighted by molar-refractivity contribution is 7.92. The third kappa shape index (κ3) is 7.77. The third-order valence-corrected chi connectivity index (χ3v) is 9.02. The van der Waals surface area contributed by atoms with Gasteiger partial charge in [-0.15, -0.1) is 0 Å². The van der Waals surface area contributed by atoms with Crippen LogP contribution in [-0.4, -0.2) is 43.8 Å². The average molecular weight is 605 g/mol. The molecular formula is C30H35Cl2N3O4S. The van der Waals surface area contributed by atoms with Crippen molar-refractivity contribution in [3.63, 3.8) is 0 Å². The number of nitrogens with one attached hydrogen (secondary N) is 1. The highest BCUT2D eigenvalue weighted by atomic mass is 35.5. The second-order valence-electron chi connectivity index (χ2n) is 9.90. The van der Waals surface area contributed by atoms with E-state index in [4.69, 9.17) is 23.2 Å². The number of benzene rings is 3. The van der Waals surface area contributed by atoms with E-state index < -0.39 is 28.5 Å². The minimum atomic E-state index is -4.18. The Bertz CT molecular complexity index is 1440. The quantitative estimate of drug-likeness (QED) is 0.285. The summed E-state index contributed by atoms with van der Waals surface area (Å²) in [5.74, 6) is -0.875. The van der Waals surface area contributed by atoms with Gasteiger partial charge in [-0.3, -0.25) is 13.9 Å².